The van der Waals surface area contributed by atoms with Crippen molar-refractivity contribution in [3.05, 3.63) is 36.7 Å². The van der Waals surface area contributed by atoms with Gasteiger partial charge in [-0.05, 0) is 25.0 Å². The lowest BCUT2D eigenvalue weighted by Gasteiger charge is -2.18. The van der Waals surface area contributed by atoms with Gasteiger partial charge in [0, 0.05) is 13.6 Å². The topological polar surface area (TPSA) is 39.9 Å². The fourth-order valence-corrected chi connectivity index (χ4v) is 1.28. The van der Waals surface area contributed by atoms with Gasteiger partial charge in [0.25, 0.3) is 0 Å². The van der Waals surface area contributed by atoms with E-state index in [0.29, 0.717) is 5.69 Å². The summed E-state index contributed by atoms with van der Waals surface area (Å²) >= 11 is 0. The van der Waals surface area contributed by atoms with Crippen LogP contribution in [0.5, 0.6) is 0 Å². The van der Waals surface area contributed by atoms with Gasteiger partial charge in [-0.1, -0.05) is 6.08 Å². The molecule has 0 spiro atoms. The van der Waals surface area contributed by atoms with E-state index in [2.05, 4.69) is 16.5 Å². The van der Waals surface area contributed by atoms with Crippen molar-refractivity contribution in [2.75, 3.05) is 18.5 Å². The molecule has 0 saturated heterocycles. The first kappa shape index (κ1) is 11.3. The molecule has 1 aromatic heterocycles. The zero-order valence-electron chi connectivity index (χ0n) is 8.98. The molecule has 1 heterocycles. The quantitative estimate of drug-likeness (QED) is 0.542. The number of rotatable bonds is 5. The summed E-state index contributed by atoms with van der Waals surface area (Å²) in [6, 6.07) is 5.65. The molecule has 0 N–H and O–H groups in total. The number of pyridine rings is 1. The average molecular weight is 201 g/mol. The maximum absolute atomic E-state index is 8.60. The summed E-state index contributed by atoms with van der Waals surface area (Å²) in [5, 5.41) is 8.60. The molecule has 0 aliphatic heterocycles. The molecule has 3 nitrogen and oxygen atoms in total. The van der Waals surface area contributed by atoms with Crippen LogP contribution in [0.3, 0.4) is 0 Å². The zero-order chi connectivity index (χ0) is 11.1. The molecule has 78 valence electrons. The van der Waals surface area contributed by atoms with Gasteiger partial charge in [-0.15, -0.1) is 6.58 Å². The Kier molecular flexibility index (Phi) is 4.36. The van der Waals surface area contributed by atoms with Crippen molar-refractivity contribution in [3.8, 4) is 6.07 Å². The molecular formula is C12H15N3. The SMILES string of the molecule is C=CCCCN(C)c1ccc(C#N)nc1. The summed E-state index contributed by atoms with van der Waals surface area (Å²) < 4.78 is 0. The van der Waals surface area contributed by atoms with Crippen LogP contribution in [0.15, 0.2) is 31.0 Å². The molecular weight excluding hydrogens is 186 g/mol. The smallest absolute Gasteiger partial charge is 0.140 e. The normalized spacial score (nSPS) is 9.33. The molecule has 0 aromatic carbocycles. The van der Waals surface area contributed by atoms with Gasteiger partial charge in [0.15, 0.2) is 0 Å². The summed E-state index contributed by atoms with van der Waals surface area (Å²) in [5.41, 5.74) is 1.50. The first-order chi connectivity index (χ1) is 7.27. The van der Waals surface area contributed by atoms with E-state index in [1.54, 1.807) is 12.3 Å². The fourth-order valence-electron chi connectivity index (χ4n) is 1.28. The average Bonchev–Trinajstić information content (AvgIpc) is 2.29. The van der Waals surface area contributed by atoms with Crippen LogP contribution in [0, 0.1) is 11.3 Å². The zero-order valence-corrected chi connectivity index (χ0v) is 8.98. The molecule has 0 saturated carbocycles. The van der Waals surface area contributed by atoms with Gasteiger partial charge in [-0.25, -0.2) is 4.98 Å². The second-order valence-corrected chi connectivity index (χ2v) is 3.37. The van der Waals surface area contributed by atoms with Crippen LogP contribution in [-0.2, 0) is 0 Å². The van der Waals surface area contributed by atoms with Gasteiger partial charge < -0.3 is 4.90 Å². The predicted molar refractivity (Wildman–Crippen MR) is 61.7 cm³/mol. The summed E-state index contributed by atoms with van der Waals surface area (Å²) in [6.45, 7) is 4.66. The van der Waals surface area contributed by atoms with Crippen LogP contribution in [-0.4, -0.2) is 18.6 Å². The highest BCUT2D eigenvalue weighted by Crippen LogP contribution is 2.11. The van der Waals surface area contributed by atoms with Crippen molar-refractivity contribution in [3.63, 3.8) is 0 Å². The van der Waals surface area contributed by atoms with Crippen LogP contribution >= 0.6 is 0 Å². The fraction of sp³-hybridized carbons (Fsp3) is 0.333. The van der Waals surface area contributed by atoms with E-state index < -0.39 is 0 Å². The van der Waals surface area contributed by atoms with Crippen LogP contribution in [0.1, 0.15) is 18.5 Å². The molecule has 0 radical (unpaired) electrons. The minimum absolute atomic E-state index is 0.457. The Morgan fingerprint density at radius 2 is 2.40 bits per heavy atom. The number of anilines is 1. The van der Waals surface area contributed by atoms with Crippen molar-refractivity contribution in [2.45, 2.75) is 12.8 Å². The molecule has 0 amide bonds. The van der Waals surface area contributed by atoms with E-state index in [-0.39, 0.29) is 0 Å². The Morgan fingerprint density at radius 3 is 2.93 bits per heavy atom. The van der Waals surface area contributed by atoms with E-state index in [1.165, 1.54) is 0 Å². The van der Waals surface area contributed by atoms with E-state index in [9.17, 15) is 0 Å². The molecule has 0 atom stereocenters. The Balaban J connectivity index is 2.54. The van der Waals surface area contributed by atoms with Crippen LogP contribution < -0.4 is 4.90 Å². The second-order valence-electron chi connectivity index (χ2n) is 3.37. The molecule has 0 fully saturated rings. The molecule has 1 aromatic rings. The van der Waals surface area contributed by atoms with Gasteiger partial charge in [0.1, 0.15) is 11.8 Å². The summed E-state index contributed by atoms with van der Waals surface area (Å²) in [6.07, 6.45) is 5.76. The minimum atomic E-state index is 0.457. The molecule has 3 heteroatoms. The van der Waals surface area contributed by atoms with E-state index in [0.717, 1.165) is 25.1 Å². The van der Waals surface area contributed by atoms with Crippen molar-refractivity contribution in [2.24, 2.45) is 0 Å². The van der Waals surface area contributed by atoms with Crippen molar-refractivity contribution >= 4 is 5.69 Å². The first-order valence-corrected chi connectivity index (χ1v) is 4.96. The van der Waals surface area contributed by atoms with E-state index >= 15 is 0 Å². The third-order valence-electron chi connectivity index (χ3n) is 2.20. The number of hydrogen-bond acceptors (Lipinski definition) is 3. The molecule has 0 unspecified atom stereocenters. The van der Waals surface area contributed by atoms with E-state index in [1.807, 2.05) is 25.3 Å². The van der Waals surface area contributed by atoms with Gasteiger partial charge in [0.05, 0.1) is 11.9 Å². The number of allylic oxidation sites excluding steroid dienone is 1. The number of aromatic nitrogens is 1. The highest BCUT2D eigenvalue weighted by Gasteiger charge is 2.00. The van der Waals surface area contributed by atoms with Crippen LogP contribution in [0.2, 0.25) is 0 Å². The number of hydrogen-bond donors (Lipinski definition) is 0. The molecule has 0 bridgehead atoms. The second kappa shape index (κ2) is 5.82. The maximum atomic E-state index is 8.60. The minimum Gasteiger partial charge on any atom is -0.373 e. The van der Waals surface area contributed by atoms with Gasteiger partial charge in [-0.2, -0.15) is 5.26 Å². The first-order valence-electron chi connectivity index (χ1n) is 4.96. The maximum Gasteiger partial charge on any atom is 0.140 e. The molecule has 15 heavy (non-hydrogen) atoms. The van der Waals surface area contributed by atoms with Gasteiger partial charge in [-0.3, -0.25) is 0 Å². The lowest BCUT2D eigenvalue weighted by atomic mass is 10.2. The lowest BCUT2D eigenvalue weighted by molar-refractivity contribution is 0.800. The Bertz CT molecular complexity index is 348. The largest absolute Gasteiger partial charge is 0.373 e. The van der Waals surface area contributed by atoms with Crippen molar-refractivity contribution in [1.82, 2.24) is 4.98 Å². The van der Waals surface area contributed by atoms with Gasteiger partial charge in [0.2, 0.25) is 0 Å². The number of unbranched alkanes of at least 4 members (excludes halogenated alkanes) is 1. The Labute approximate surface area is 90.7 Å². The standard InChI is InChI=1S/C12H15N3/c1-3-4-5-8-15(2)12-7-6-11(9-13)14-10-12/h3,6-7,10H,1,4-5,8H2,2H3. The molecule has 1 rings (SSSR count). The summed E-state index contributed by atoms with van der Waals surface area (Å²) in [4.78, 5) is 6.15. The lowest BCUT2D eigenvalue weighted by Crippen LogP contribution is -2.18. The van der Waals surface area contributed by atoms with Crippen LogP contribution in [0.25, 0.3) is 0 Å². The molecule has 0 aliphatic carbocycles. The monoisotopic (exact) mass is 201 g/mol. The highest BCUT2D eigenvalue weighted by atomic mass is 15.1. The Morgan fingerprint density at radius 1 is 1.60 bits per heavy atom. The molecule has 0 aliphatic rings. The highest BCUT2D eigenvalue weighted by molar-refractivity contribution is 5.44. The predicted octanol–water partition coefficient (Wildman–Crippen LogP) is 2.36. The third-order valence-corrected chi connectivity index (χ3v) is 2.20. The van der Waals surface area contributed by atoms with Crippen molar-refractivity contribution in [1.29, 1.82) is 5.26 Å². The van der Waals surface area contributed by atoms with Gasteiger partial charge >= 0.3 is 0 Å². The summed E-state index contributed by atoms with van der Waals surface area (Å²) in [5.74, 6) is 0. The van der Waals surface area contributed by atoms with E-state index in [4.69, 9.17) is 5.26 Å². The third kappa shape index (κ3) is 3.43. The number of nitrogens with zero attached hydrogens (tertiary/aromatic N) is 3. The number of nitriles is 1. The Hall–Kier alpha value is -1.82. The van der Waals surface area contributed by atoms with Crippen molar-refractivity contribution < 1.29 is 0 Å². The summed E-state index contributed by atoms with van der Waals surface area (Å²) in [7, 11) is 2.02. The van der Waals surface area contributed by atoms with Crippen LogP contribution in [0.4, 0.5) is 5.69 Å².